The molecule has 1 aromatic heterocycles. The van der Waals surface area contributed by atoms with Crippen LogP contribution in [0.1, 0.15) is 17.3 Å². The van der Waals surface area contributed by atoms with E-state index >= 15 is 0 Å². The summed E-state index contributed by atoms with van der Waals surface area (Å²) in [5.74, 6) is 1.41. The number of ether oxygens (including phenoxy) is 2. The molecule has 0 atom stereocenters. The van der Waals surface area contributed by atoms with Gasteiger partial charge in [-0.15, -0.1) is 0 Å². The number of benzene rings is 3. The number of fused-ring (bicyclic) bond motifs is 1. The molecule has 0 radical (unpaired) electrons. The maximum Gasteiger partial charge on any atom is 0.261 e. The molecule has 162 valence electrons. The third-order valence-corrected chi connectivity index (χ3v) is 4.84. The van der Waals surface area contributed by atoms with E-state index in [4.69, 9.17) is 26.1 Å². The van der Waals surface area contributed by atoms with Gasteiger partial charge in [0.15, 0.2) is 10.7 Å². The molecule has 0 fully saturated rings. The van der Waals surface area contributed by atoms with Gasteiger partial charge >= 0.3 is 0 Å². The molecule has 1 amide bonds. The lowest BCUT2D eigenvalue weighted by Crippen LogP contribution is -2.34. The molecule has 4 aromatic rings. The minimum Gasteiger partial charge on any atom is -0.496 e. The third-order valence-electron chi connectivity index (χ3n) is 4.64. The first-order valence-corrected chi connectivity index (χ1v) is 10.4. The van der Waals surface area contributed by atoms with E-state index < -0.39 is 0 Å². The largest absolute Gasteiger partial charge is 0.496 e. The predicted octanol–water partition coefficient (Wildman–Crippen LogP) is 5.03. The average molecular weight is 448 g/mol. The number of oxazole rings is 1. The molecule has 0 aliphatic carbocycles. The van der Waals surface area contributed by atoms with Crippen LogP contribution in [0.15, 0.2) is 71.1 Å². The summed E-state index contributed by atoms with van der Waals surface area (Å²) in [6.45, 7) is 2.55. The number of carbonyl (C=O) groups is 1. The second-order valence-corrected chi connectivity index (χ2v) is 7.18. The zero-order valence-electron chi connectivity index (χ0n) is 17.5. The van der Waals surface area contributed by atoms with Gasteiger partial charge in [-0.05, 0) is 73.7 Å². The Morgan fingerprint density at radius 3 is 2.62 bits per heavy atom. The molecular weight excluding hydrogens is 426 g/mol. The first kappa shape index (κ1) is 21.3. The van der Waals surface area contributed by atoms with Crippen molar-refractivity contribution < 1.29 is 18.7 Å². The molecule has 0 spiro atoms. The Morgan fingerprint density at radius 2 is 1.88 bits per heavy atom. The van der Waals surface area contributed by atoms with E-state index in [9.17, 15) is 4.79 Å². The van der Waals surface area contributed by atoms with Crippen LogP contribution in [0.2, 0.25) is 0 Å². The van der Waals surface area contributed by atoms with Gasteiger partial charge in [0.05, 0.1) is 19.3 Å². The first-order chi connectivity index (χ1) is 15.6. The Kier molecular flexibility index (Phi) is 6.32. The van der Waals surface area contributed by atoms with Gasteiger partial charge in [0.25, 0.3) is 5.91 Å². The molecule has 1 heterocycles. The molecule has 7 nitrogen and oxygen atoms in total. The fourth-order valence-corrected chi connectivity index (χ4v) is 3.36. The highest BCUT2D eigenvalue weighted by Gasteiger charge is 2.14. The second-order valence-electron chi connectivity index (χ2n) is 6.77. The number of hydrogen-bond donors (Lipinski definition) is 2. The van der Waals surface area contributed by atoms with Crippen LogP contribution < -0.4 is 20.1 Å². The van der Waals surface area contributed by atoms with Gasteiger partial charge in [0.2, 0.25) is 5.89 Å². The summed E-state index contributed by atoms with van der Waals surface area (Å²) < 4.78 is 16.6. The van der Waals surface area contributed by atoms with Gasteiger partial charge in [-0.2, -0.15) is 0 Å². The molecule has 2 N–H and O–H groups in total. The van der Waals surface area contributed by atoms with E-state index in [2.05, 4.69) is 15.6 Å². The normalized spacial score (nSPS) is 10.6. The molecular formula is C24H21N3O4S. The quantitative estimate of drug-likeness (QED) is 0.401. The number of hydrogen-bond acceptors (Lipinski definition) is 6. The van der Waals surface area contributed by atoms with Crippen molar-refractivity contribution in [2.45, 2.75) is 6.92 Å². The number of nitrogens with zero attached hydrogens (tertiary/aromatic N) is 1. The monoisotopic (exact) mass is 447 g/mol. The second kappa shape index (κ2) is 9.49. The molecule has 0 saturated carbocycles. The van der Waals surface area contributed by atoms with Crippen LogP contribution in [-0.4, -0.2) is 29.7 Å². The predicted molar refractivity (Wildman–Crippen MR) is 127 cm³/mol. The number of rotatable bonds is 6. The summed E-state index contributed by atoms with van der Waals surface area (Å²) in [7, 11) is 1.51. The maximum absolute atomic E-state index is 12.5. The van der Waals surface area contributed by atoms with Crippen molar-refractivity contribution in [1.29, 1.82) is 0 Å². The first-order valence-electron chi connectivity index (χ1n) is 9.96. The summed E-state index contributed by atoms with van der Waals surface area (Å²) in [6.07, 6.45) is 0. The Morgan fingerprint density at radius 1 is 1.09 bits per heavy atom. The summed E-state index contributed by atoms with van der Waals surface area (Å²) >= 11 is 5.29. The van der Waals surface area contributed by atoms with E-state index in [0.717, 1.165) is 11.3 Å². The SMILES string of the molecule is CCOc1ccc(-c2nc3cc(NC(=S)NC(=O)c4ccccc4OC)ccc3o2)cc1. The number of anilines is 1. The number of amides is 1. The van der Waals surface area contributed by atoms with E-state index in [0.29, 0.717) is 40.6 Å². The molecule has 0 unspecified atom stereocenters. The molecule has 0 saturated heterocycles. The molecule has 3 aromatic carbocycles. The Hall–Kier alpha value is -3.91. The lowest BCUT2D eigenvalue weighted by Gasteiger charge is -2.11. The third kappa shape index (κ3) is 4.70. The smallest absolute Gasteiger partial charge is 0.261 e. The highest BCUT2D eigenvalue weighted by atomic mass is 32.1. The van der Waals surface area contributed by atoms with Crippen molar-refractivity contribution in [2.24, 2.45) is 0 Å². The fourth-order valence-electron chi connectivity index (χ4n) is 3.15. The molecule has 0 aliphatic rings. The molecule has 0 bridgehead atoms. The van der Waals surface area contributed by atoms with Gasteiger partial charge in [0, 0.05) is 11.3 Å². The molecule has 8 heteroatoms. The lowest BCUT2D eigenvalue weighted by molar-refractivity contribution is 0.0975. The number of nitrogens with one attached hydrogen (secondary N) is 2. The van der Waals surface area contributed by atoms with Crippen molar-refractivity contribution >= 4 is 40.0 Å². The van der Waals surface area contributed by atoms with Crippen LogP contribution in [0.25, 0.3) is 22.6 Å². The van der Waals surface area contributed by atoms with Crippen LogP contribution in [0.5, 0.6) is 11.5 Å². The van der Waals surface area contributed by atoms with Crippen LogP contribution in [0, 0.1) is 0 Å². The van der Waals surface area contributed by atoms with Crippen LogP contribution in [0.4, 0.5) is 5.69 Å². The average Bonchev–Trinajstić information content (AvgIpc) is 3.23. The highest BCUT2D eigenvalue weighted by Crippen LogP contribution is 2.27. The maximum atomic E-state index is 12.5. The van der Waals surface area contributed by atoms with Gasteiger partial charge in [-0.25, -0.2) is 4.98 Å². The fraction of sp³-hybridized carbons (Fsp3) is 0.125. The summed E-state index contributed by atoms with van der Waals surface area (Å²) in [4.78, 5) is 17.1. The number of methoxy groups -OCH3 is 1. The van der Waals surface area contributed by atoms with Crippen molar-refractivity contribution in [1.82, 2.24) is 10.3 Å². The molecule has 32 heavy (non-hydrogen) atoms. The van der Waals surface area contributed by atoms with E-state index in [1.165, 1.54) is 7.11 Å². The van der Waals surface area contributed by atoms with E-state index in [-0.39, 0.29) is 11.0 Å². The number of carbonyl (C=O) groups excluding carboxylic acids is 1. The number of aromatic nitrogens is 1. The van der Waals surface area contributed by atoms with Gasteiger partial charge in [-0.1, -0.05) is 12.1 Å². The van der Waals surface area contributed by atoms with Gasteiger partial charge < -0.3 is 19.2 Å². The van der Waals surface area contributed by atoms with Crippen molar-refractivity contribution in [2.75, 3.05) is 19.0 Å². The summed E-state index contributed by atoms with van der Waals surface area (Å²) in [5.41, 5.74) is 3.22. The van der Waals surface area contributed by atoms with Crippen molar-refractivity contribution in [3.05, 3.63) is 72.3 Å². The topological polar surface area (TPSA) is 85.6 Å². The van der Waals surface area contributed by atoms with Crippen LogP contribution in [0.3, 0.4) is 0 Å². The van der Waals surface area contributed by atoms with Crippen molar-refractivity contribution in [3.8, 4) is 23.0 Å². The number of para-hydroxylation sites is 1. The van der Waals surface area contributed by atoms with Crippen LogP contribution >= 0.6 is 12.2 Å². The zero-order chi connectivity index (χ0) is 22.5. The number of thiocarbonyl (C=S) groups is 1. The highest BCUT2D eigenvalue weighted by molar-refractivity contribution is 7.80. The van der Waals surface area contributed by atoms with Gasteiger partial charge in [0.1, 0.15) is 17.0 Å². The summed E-state index contributed by atoms with van der Waals surface area (Å²) in [5, 5.41) is 5.83. The molecule has 0 aliphatic heterocycles. The van der Waals surface area contributed by atoms with Crippen LogP contribution in [-0.2, 0) is 0 Å². The Labute approximate surface area is 190 Å². The lowest BCUT2D eigenvalue weighted by atomic mass is 10.2. The Bertz CT molecular complexity index is 1270. The minimum atomic E-state index is -0.361. The standard InChI is InChI=1S/C24H21N3O4S/c1-3-30-17-11-8-15(9-12-17)23-26-19-14-16(10-13-21(19)31-23)25-24(32)27-22(28)18-6-4-5-7-20(18)29-2/h4-14H,3H2,1-2H3,(H2,25,27,28,32). The summed E-state index contributed by atoms with van der Waals surface area (Å²) in [6, 6.07) is 19.9. The molecule has 4 rings (SSSR count). The van der Waals surface area contributed by atoms with Gasteiger partial charge in [-0.3, -0.25) is 10.1 Å². The minimum absolute atomic E-state index is 0.162. The zero-order valence-corrected chi connectivity index (χ0v) is 18.4. The van der Waals surface area contributed by atoms with E-state index in [1.54, 1.807) is 42.5 Å². The Balaban J connectivity index is 1.46. The van der Waals surface area contributed by atoms with E-state index in [1.807, 2.05) is 31.2 Å². The van der Waals surface area contributed by atoms with Crippen molar-refractivity contribution in [3.63, 3.8) is 0 Å².